The van der Waals surface area contributed by atoms with Crippen LogP contribution in [0, 0.1) is 0 Å². The molecule has 5 nitrogen and oxygen atoms in total. The molecule has 0 aromatic carbocycles. The van der Waals surface area contributed by atoms with Crippen molar-refractivity contribution in [1.82, 2.24) is 14.6 Å². The minimum Gasteiger partial charge on any atom is -0.313 e. The van der Waals surface area contributed by atoms with Gasteiger partial charge in [-0.05, 0) is 45.4 Å². The van der Waals surface area contributed by atoms with Crippen LogP contribution >= 0.6 is 0 Å². The largest absolute Gasteiger partial charge is 0.313 e. The predicted molar refractivity (Wildman–Crippen MR) is 74.3 cm³/mol. The molecule has 0 bridgehead atoms. The van der Waals surface area contributed by atoms with Gasteiger partial charge in [-0.2, -0.15) is 4.31 Å². The average Bonchev–Trinajstić information content (AvgIpc) is 2.89. The quantitative estimate of drug-likeness (QED) is 0.883. The second-order valence-corrected chi connectivity index (χ2v) is 7.04. The normalized spacial score (nSPS) is 20.3. The van der Waals surface area contributed by atoms with E-state index in [9.17, 15) is 8.42 Å². The number of sulfonamides is 1. The van der Waals surface area contributed by atoms with Crippen molar-refractivity contribution in [2.24, 2.45) is 0 Å². The van der Waals surface area contributed by atoms with Crippen molar-refractivity contribution in [3.05, 3.63) is 24.5 Å². The SMILES string of the molecule is CC(C)N(CC1CCCN1)S(=O)(=O)c1cccnc1. The van der Waals surface area contributed by atoms with Crippen molar-refractivity contribution in [1.29, 1.82) is 0 Å². The molecule has 2 rings (SSSR count). The lowest BCUT2D eigenvalue weighted by Crippen LogP contribution is -2.44. The lowest BCUT2D eigenvalue weighted by atomic mass is 10.2. The van der Waals surface area contributed by atoms with Crippen LogP contribution in [0.25, 0.3) is 0 Å². The van der Waals surface area contributed by atoms with Gasteiger partial charge in [0.1, 0.15) is 4.90 Å². The Morgan fingerprint density at radius 2 is 2.32 bits per heavy atom. The molecule has 0 radical (unpaired) electrons. The van der Waals surface area contributed by atoms with Gasteiger partial charge in [-0.3, -0.25) is 4.98 Å². The molecule has 1 aliphatic heterocycles. The Hall–Kier alpha value is -0.980. The monoisotopic (exact) mass is 283 g/mol. The molecule has 1 aromatic heterocycles. The van der Waals surface area contributed by atoms with Crippen molar-refractivity contribution in [3.63, 3.8) is 0 Å². The maximum atomic E-state index is 12.6. The Kier molecular flexibility index (Phi) is 4.54. The number of rotatable bonds is 5. The second kappa shape index (κ2) is 5.98. The second-order valence-electron chi connectivity index (χ2n) is 5.15. The van der Waals surface area contributed by atoms with Crippen LogP contribution in [0.3, 0.4) is 0 Å². The summed E-state index contributed by atoms with van der Waals surface area (Å²) < 4.78 is 26.8. The van der Waals surface area contributed by atoms with Crippen molar-refractivity contribution >= 4 is 10.0 Å². The molecule has 2 heterocycles. The number of nitrogens with one attached hydrogen (secondary N) is 1. The van der Waals surface area contributed by atoms with Gasteiger partial charge in [0.2, 0.25) is 10.0 Å². The smallest absolute Gasteiger partial charge is 0.244 e. The predicted octanol–water partition coefficient (Wildman–Crippen LogP) is 1.23. The Labute approximate surface area is 115 Å². The first-order valence-electron chi connectivity index (χ1n) is 6.67. The molecule has 0 spiro atoms. The van der Waals surface area contributed by atoms with E-state index in [0.717, 1.165) is 19.4 Å². The van der Waals surface area contributed by atoms with Crippen molar-refractivity contribution < 1.29 is 8.42 Å². The highest BCUT2D eigenvalue weighted by molar-refractivity contribution is 7.89. The summed E-state index contributed by atoms with van der Waals surface area (Å²) in [5.41, 5.74) is 0. The van der Waals surface area contributed by atoms with E-state index in [2.05, 4.69) is 10.3 Å². The van der Waals surface area contributed by atoms with Gasteiger partial charge in [0.25, 0.3) is 0 Å². The molecule has 1 aromatic rings. The van der Waals surface area contributed by atoms with Crippen LogP contribution in [0.15, 0.2) is 29.4 Å². The minimum atomic E-state index is -3.46. The summed E-state index contributed by atoms with van der Waals surface area (Å²) in [6.45, 7) is 5.31. The van der Waals surface area contributed by atoms with Gasteiger partial charge in [0.15, 0.2) is 0 Å². The summed E-state index contributed by atoms with van der Waals surface area (Å²) in [4.78, 5) is 4.17. The van der Waals surface area contributed by atoms with E-state index in [1.807, 2.05) is 13.8 Å². The van der Waals surface area contributed by atoms with Crippen LogP contribution in [0.4, 0.5) is 0 Å². The van der Waals surface area contributed by atoms with E-state index < -0.39 is 10.0 Å². The summed E-state index contributed by atoms with van der Waals surface area (Å²) in [5.74, 6) is 0. The average molecular weight is 283 g/mol. The topological polar surface area (TPSA) is 62.3 Å². The molecular formula is C13H21N3O2S. The van der Waals surface area contributed by atoms with Crippen molar-refractivity contribution in [2.75, 3.05) is 13.1 Å². The first-order valence-corrected chi connectivity index (χ1v) is 8.11. The maximum absolute atomic E-state index is 12.6. The standard InChI is InChI=1S/C13H21N3O2S/c1-11(2)16(10-12-5-3-8-15-12)19(17,18)13-6-4-7-14-9-13/h4,6-7,9,11-12,15H,3,5,8,10H2,1-2H3. The van der Waals surface area contributed by atoms with Crippen LogP contribution in [-0.2, 0) is 10.0 Å². The van der Waals surface area contributed by atoms with Gasteiger partial charge in [-0.1, -0.05) is 0 Å². The zero-order valence-electron chi connectivity index (χ0n) is 11.4. The number of aromatic nitrogens is 1. The van der Waals surface area contributed by atoms with Gasteiger partial charge < -0.3 is 5.32 Å². The molecule has 1 atom stereocenters. The fourth-order valence-electron chi connectivity index (χ4n) is 2.35. The Morgan fingerprint density at radius 1 is 1.53 bits per heavy atom. The molecule has 6 heteroatoms. The molecule has 106 valence electrons. The minimum absolute atomic E-state index is 0.0624. The van der Waals surface area contributed by atoms with Gasteiger partial charge >= 0.3 is 0 Å². The third-order valence-corrected chi connectivity index (χ3v) is 5.41. The highest BCUT2D eigenvalue weighted by Crippen LogP contribution is 2.19. The van der Waals surface area contributed by atoms with Gasteiger partial charge in [-0.15, -0.1) is 0 Å². The molecule has 19 heavy (non-hydrogen) atoms. The highest BCUT2D eigenvalue weighted by Gasteiger charge is 2.30. The first-order chi connectivity index (χ1) is 9.01. The molecule has 1 unspecified atom stereocenters. The fourth-order valence-corrected chi connectivity index (χ4v) is 4.00. The third-order valence-electron chi connectivity index (χ3n) is 3.38. The van der Waals surface area contributed by atoms with Gasteiger partial charge in [0, 0.05) is 31.0 Å². The van der Waals surface area contributed by atoms with Crippen LogP contribution in [0.5, 0.6) is 0 Å². The summed E-state index contributed by atoms with van der Waals surface area (Å²) in [5, 5.41) is 3.34. The molecule has 1 aliphatic rings. The van der Waals surface area contributed by atoms with Crippen LogP contribution in [0.2, 0.25) is 0 Å². The van der Waals surface area contributed by atoms with Crippen molar-refractivity contribution in [2.45, 2.75) is 43.7 Å². The van der Waals surface area contributed by atoms with E-state index in [0.29, 0.717) is 6.54 Å². The van der Waals surface area contributed by atoms with E-state index in [4.69, 9.17) is 0 Å². The Balaban J connectivity index is 2.22. The highest BCUT2D eigenvalue weighted by atomic mass is 32.2. The summed E-state index contributed by atoms with van der Waals surface area (Å²) in [6, 6.07) is 3.44. The van der Waals surface area contributed by atoms with Crippen LogP contribution < -0.4 is 5.32 Å². The zero-order valence-corrected chi connectivity index (χ0v) is 12.2. The molecule has 1 fully saturated rings. The molecular weight excluding hydrogens is 262 g/mol. The maximum Gasteiger partial charge on any atom is 0.244 e. The molecule has 0 amide bonds. The molecule has 0 saturated carbocycles. The number of hydrogen-bond donors (Lipinski definition) is 1. The lowest BCUT2D eigenvalue weighted by molar-refractivity contribution is 0.322. The molecule has 1 saturated heterocycles. The molecule has 0 aliphatic carbocycles. The van der Waals surface area contributed by atoms with Gasteiger partial charge in [-0.25, -0.2) is 8.42 Å². The van der Waals surface area contributed by atoms with Crippen LogP contribution in [0.1, 0.15) is 26.7 Å². The molecule has 1 N–H and O–H groups in total. The van der Waals surface area contributed by atoms with E-state index in [1.54, 1.807) is 22.6 Å². The third kappa shape index (κ3) is 3.32. The number of pyridine rings is 1. The van der Waals surface area contributed by atoms with E-state index in [-0.39, 0.29) is 17.0 Å². The Morgan fingerprint density at radius 3 is 2.84 bits per heavy atom. The van der Waals surface area contributed by atoms with E-state index in [1.165, 1.54) is 6.20 Å². The van der Waals surface area contributed by atoms with E-state index >= 15 is 0 Å². The summed E-state index contributed by atoms with van der Waals surface area (Å²) in [6.07, 6.45) is 5.14. The summed E-state index contributed by atoms with van der Waals surface area (Å²) in [7, 11) is -3.46. The fraction of sp³-hybridized carbons (Fsp3) is 0.615. The first kappa shape index (κ1) is 14.4. The van der Waals surface area contributed by atoms with Gasteiger partial charge in [0.05, 0.1) is 0 Å². The zero-order chi connectivity index (χ0) is 13.9. The lowest BCUT2D eigenvalue weighted by Gasteiger charge is -2.28. The van der Waals surface area contributed by atoms with Crippen LogP contribution in [-0.4, -0.2) is 42.9 Å². The Bertz CT molecular complexity index is 496. The number of hydrogen-bond acceptors (Lipinski definition) is 4. The number of nitrogens with zero attached hydrogens (tertiary/aromatic N) is 2. The summed E-state index contributed by atoms with van der Waals surface area (Å²) >= 11 is 0. The van der Waals surface area contributed by atoms with Crippen molar-refractivity contribution in [3.8, 4) is 0 Å².